The molecule has 0 aromatic heterocycles. The first kappa shape index (κ1) is 31.2. The molecule has 0 aliphatic carbocycles. The number of carbonyl (C=O) groups excluding carboxylic acids is 3. The van der Waals surface area contributed by atoms with Crippen LogP contribution in [0.3, 0.4) is 0 Å². The molecule has 2 bridgehead atoms. The highest BCUT2D eigenvalue weighted by molar-refractivity contribution is 9.09. The van der Waals surface area contributed by atoms with Crippen molar-refractivity contribution in [3.63, 3.8) is 0 Å². The minimum Gasteiger partial charge on any atom is -0.465 e. The van der Waals surface area contributed by atoms with Crippen LogP contribution in [0.25, 0.3) is 0 Å². The lowest BCUT2D eigenvalue weighted by atomic mass is 9.71. The van der Waals surface area contributed by atoms with Crippen LogP contribution >= 0.6 is 27.7 Å². The number of likely N-dealkylation sites (tertiary alicyclic amines) is 1. The lowest BCUT2D eigenvalue weighted by molar-refractivity contribution is -0.154. The number of alkyl halides is 1. The van der Waals surface area contributed by atoms with Gasteiger partial charge in [0.15, 0.2) is 0 Å². The van der Waals surface area contributed by atoms with Gasteiger partial charge in [-0.3, -0.25) is 14.4 Å². The number of unbranched alkanes of at least 4 members (excludes halogenated alkanes) is 5. The molecule has 0 saturated carbocycles. The van der Waals surface area contributed by atoms with Gasteiger partial charge in [-0.15, -0.1) is 24.9 Å². The molecule has 7 nitrogen and oxygen atoms in total. The van der Waals surface area contributed by atoms with Gasteiger partial charge in [0, 0.05) is 35.3 Å². The lowest BCUT2D eigenvalue weighted by Gasteiger charge is -2.42. The summed E-state index contributed by atoms with van der Waals surface area (Å²) in [5.41, 5.74) is -0.450. The van der Waals surface area contributed by atoms with Crippen molar-refractivity contribution in [1.29, 1.82) is 0 Å². The van der Waals surface area contributed by atoms with Crippen LogP contribution in [0.5, 0.6) is 0 Å². The third-order valence-corrected chi connectivity index (χ3v) is 11.3. The Morgan fingerprint density at radius 2 is 1.89 bits per heavy atom. The summed E-state index contributed by atoms with van der Waals surface area (Å²) in [7, 11) is 0. The Balaban J connectivity index is 1.92. The minimum atomic E-state index is -0.671. The molecule has 3 unspecified atom stereocenters. The van der Waals surface area contributed by atoms with Gasteiger partial charge in [-0.05, 0) is 59.3 Å². The number of fused-ring (bicyclic) bond motifs is 1. The van der Waals surface area contributed by atoms with Crippen molar-refractivity contribution in [2.24, 2.45) is 11.8 Å². The first-order valence-corrected chi connectivity index (χ1v) is 15.8. The van der Waals surface area contributed by atoms with Crippen molar-refractivity contribution in [3.8, 4) is 0 Å². The highest BCUT2D eigenvalue weighted by Crippen LogP contribution is 2.68. The standard InChI is InChI=1S/C29H45BrN2O5S/c1-6-8-9-14-18-37-27(36)21-22-25(34)31(16-12-10-11-13-17-33)24(29(22)19-20(30)23(21)38-29)26(35)32(15-7-2)28(3,4)5/h6-7,20-24,33H,1-2,8-19H2,3-5H3/t20?,21-,22+,23-,24?,29?/m1/s1. The van der Waals surface area contributed by atoms with Gasteiger partial charge in [-0.25, -0.2) is 0 Å². The van der Waals surface area contributed by atoms with E-state index in [1.165, 1.54) is 0 Å². The van der Waals surface area contributed by atoms with Gasteiger partial charge >= 0.3 is 5.97 Å². The van der Waals surface area contributed by atoms with Gasteiger partial charge in [0.1, 0.15) is 6.04 Å². The van der Waals surface area contributed by atoms with Crippen LogP contribution in [0.1, 0.15) is 72.1 Å². The van der Waals surface area contributed by atoms with Crippen LogP contribution in [0.2, 0.25) is 0 Å². The molecule has 3 heterocycles. The largest absolute Gasteiger partial charge is 0.465 e. The number of aliphatic hydroxyl groups excluding tert-OH is 1. The van der Waals surface area contributed by atoms with Crippen molar-refractivity contribution >= 4 is 45.5 Å². The molecule has 2 amide bonds. The zero-order valence-corrected chi connectivity index (χ0v) is 25.6. The Hall–Kier alpha value is -1.32. The number of ether oxygens (including phenoxy) is 1. The molecule has 38 heavy (non-hydrogen) atoms. The second-order valence-electron chi connectivity index (χ2n) is 11.7. The van der Waals surface area contributed by atoms with E-state index in [9.17, 15) is 14.4 Å². The van der Waals surface area contributed by atoms with Crippen molar-refractivity contribution in [2.75, 3.05) is 26.3 Å². The van der Waals surface area contributed by atoms with Crippen LogP contribution in [0.4, 0.5) is 0 Å². The molecule has 0 aromatic carbocycles. The van der Waals surface area contributed by atoms with Crippen molar-refractivity contribution in [2.45, 2.75) is 98.5 Å². The number of halogens is 1. The molecule has 1 N–H and O–H groups in total. The van der Waals surface area contributed by atoms with Crippen LogP contribution in [0.15, 0.2) is 25.3 Å². The summed E-state index contributed by atoms with van der Waals surface area (Å²) in [6.45, 7) is 14.9. The SMILES string of the molecule is C=CCCCCOC(=O)[C@H]1[C@@H]2SC3(CC2Br)C(C(=O)N(CC=C)C(C)(C)C)N(CCCCCCO)C(=O)[C@H]13. The summed E-state index contributed by atoms with van der Waals surface area (Å²) in [5, 5.41) is 9.03. The highest BCUT2D eigenvalue weighted by Gasteiger charge is 2.76. The van der Waals surface area contributed by atoms with Crippen LogP contribution in [-0.2, 0) is 19.1 Å². The predicted octanol–water partition coefficient (Wildman–Crippen LogP) is 4.72. The Bertz CT molecular complexity index is 893. The number of allylic oxidation sites excluding steroid dienone is 1. The van der Waals surface area contributed by atoms with E-state index >= 15 is 0 Å². The topological polar surface area (TPSA) is 87.2 Å². The zero-order valence-electron chi connectivity index (χ0n) is 23.2. The van der Waals surface area contributed by atoms with E-state index in [0.717, 1.165) is 44.9 Å². The summed E-state index contributed by atoms with van der Waals surface area (Å²) < 4.78 is 5.04. The summed E-state index contributed by atoms with van der Waals surface area (Å²) in [6, 6.07) is -0.641. The molecule has 1 spiro atoms. The van der Waals surface area contributed by atoms with Crippen LogP contribution in [-0.4, -0.2) is 85.4 Å². The van der Waals surface area contributed by atoms with Crippen molar-refractivity contribution in [3.05, 3.63) is 25.3 Å². The Morgan fingerprint density at radius 1 is 1.18 bits per heavy atom. The van der Waals surface area contributed by atoms with E-state index in [0.29, 0.717) is 26.1 Å². The Morgan fingerprint density at radius 3 is 2.53 bits per heavy atom. The first-order chi connectivity index (χ1) is 18.0. The number of esters is 1. The molecule has 214 valence electrons. The fourth-order valence-corrected chi connectivity index (χ4v) is 9.89. The second-order valence-corrected chi connectivity index (χ2v) is 14.4. The van der Waals surface area contributed by atoms with E-state index in [-0.39, 0.29) is 34.5 Å². The number of hydrogen-bond acceptors (Lipinski definition) is 6. The molecule has 3 saturated heterocycles. The van der Waals surface area contributed by atoms with E-state index < -0.39 is 28.2 Å². The molecule has 6 atom stereocenters. The first-order valence-electron chi connectivity index (χ1n) is 14.0. The van der Waals surface area contributed by atoms with E-state index in [4.69, 9.17) is 9.84 Å². The average molecular weight is 614 g/mol. The molecular formula is C29H45BrN2O5S. The van der Waals surface area contributed by atoms with Crippen LogP contribution in [0, 0.1) is 11.8 Å². The van der Waals surface area contributed by atoms with Gasteiger partial charge in [-0.1, -0.05) is 40.9 Å². The van der Waals surface area contributed by atoms with Crippen molar-refractivity contribution in [1.82, 2.24) is 9.80 Å². The molecule has 3 aliphatic heterocycles. The number of amides is 2. The van der Waals surface area contributed by atoms with E-state index in [2.05, 4.69) is 29.1 Å². The number of hydrogen-bond donors (Lipinski definition) is 1. The van der Waals surface area contributed by atoms with Gasteiger partial charge < -0.3 is 19.6 Å². The summed E-state index contributed by atoms with van der Waals surface area (Å²) >= 11 is 5.46. The maximum atomic E-state index is 14.4. The normalized spacial score (nSPS) is 29.9. The van der Waals surface area contributed by atoms with Crippen molar-refractivity contribution < 1.29 is 24.2 Å². The van der Waals surface area contributed by atoms with E-state index in [1.807, 2.05) is 31.7 Å². The maximum Gasteiger partial charge on any atom is 0.310 e. The van der Waals surface area contributed by atoms with Gasteiger partial charge in [0.25, 0.3) is 0 Å². The molecule has 3 fully saturated rings. The van der Waals surface area contributed by atoms with Gasteiger partial charge in [0.05, 0.1) is 23.2 Å². The van der Waals surface area contributed by atoms with Gasteiger partial charge in [0.2, 0.25) is 11.8 Å². The molecule has 3 aliphatic rings. The van der Waals surface area contributed by atoms with E-state index in [1.54, 1.807) is 22.7 Å². The molecule has 0 radical (unpaired) electrons. The fourth-order valence-electron chi connectivity index (χ4n) is 6.30. The number of aliphatic hydroxyl groups is 1. The molecule has 3 rings (SSSR count). The maximum absolute atomic E-state index is 14.4. The van der Waals surface area contributed by atoms with Gasteiger partial charge in [-0.2, -0.15) is 0 Å². The second kappa shape index (κ2) is 13.4. The zero-order chi connectivity index (χ0) is 28.1. The minimum absolute atomic E-state index is 0.0251. The van der Waals surface area contributed by atoms with Crippen LogP contribution < -0.4 is 0 Å². The monoisotopic (exact) mass is 612 g/mol. The number of carbonyl (C=O) groups is 3. The third-order valence-electron chi connectivity index (χ3n) is 8.04. The highest BCUT2D eigenvalue weighted by atomic mass is 79.9. The average Bonchev–Trinajstić information content (AvgIpc) is 3.44. The Labute approximate surface area is 240 Å². The number of nitrogens with zero attached hydrogens (tertiary/aromatic N) is 2. The fraction of sp³-hybridized carbons (Fsp3) is 0.759. The summed E-state index contributed by atoms with van der Waals surface area (Å²) in [5.74, 6) is -1.62. The summed E-state index contributed by atoms with van der Waals surface area (Å²) in [4.78, 5) is 45.5. The number of thioether (sulfide) groups is 1. The number of rotatable bonds is 15. The smallest absolute Gasteiger partial charge is 0.310 e. The summed E-state index contributed by atoms with van der Waals surface area (Å²) in [6.07, 6.45) is 9.99. The lowest BCUT2D eigenvalue weighted by Crippen LogP contribution is -2.59. The third kappa shape index (κ3) is 6.20. The molecule has 0 aromatic rings. The predicted molar refractivity (Wildman–Crippen MR) is 156 cm³/mol. The molecular weight excluding hydrogens is 568 g/mol. The Kier molecular flexibility index (Phi) is 11.0. The quantitative estimate of drug-likeness (QED) is 0.125. The molecule has 9 heteroatoms.